The minimum absolute atomic E-state index is 0.260. The maximum absolute atomic E-state index is 10.9. The summed E-state index contributed by atoms with van der Waals surface area (Å²) in [6.07, 6.45) is 4.30. The van der Waals surface area contributed by atoms with Crippen molar-refractivity contribution >= 4 is 5.97 Å². The van der Waals surface area contributed by atoms with Crippen LogP contribution in [0.15, 0.2) is 0 Å². The topological polar surface area (TPSA) is 58.6 Å². The van der Waals surface area contributed by atoms with E-state index < -0.39 is 6.10 Å². The van der Waals surface area contributed by atoms with Gasteiger partial charge in [-0.1, -0.05) is 20.3 Å². The molecule has 0 heterocycles. The van der Waals surface area contributed by atoms with Crippen molar-refractivity contribution in [1.82, 2.24) is 5.32 Å². The zero-order valence-corrected chi connectivity index (χ0v) is 11.9. The molecule has 0 spiro atoms. The van der Waals surface area contributed by atoms with E-state index in [1.165, 1.54) is 26.4 Å². The van der Waals surface area contributed by atoms with Crippen LogP contribution in [0.3, 0.4) is 0 Å². The second kappa shape index (κ2) is 7.10. The molecule has 0 saturated heterocycles. The quantitative estimate of drug-likeness (QED) is 0.650. The zero-order valence-electron chi connectivity index (χ0n) is 11.9. The Morgan fingerprint density at radius 2 is 2.17 bits per heavy atom. The van der Waals surface area contributed by atoms with Crippen molar-refractivity contribution in [3.63, 3.8) is 0 Å². The largest absolute Gasteiger partial charge is 0.469 e. The number of hydrogen-bond donors (Lipinski definition) is 2. The molecular formula is C14H27NO3. The highest BCUT2D eigenvalue weighted by atomic mass is 16.5. The van der Waals surface area contributed by atoms with Gasteiger partial charge >= 0.3 is 5.97 Å². The average molecular weight is 257 g/mol. The van der Waals surface area contributed by atoms with Crippen molar-refractivity contribution < 1.29 is 14.6 Å². The van der Waals surface area contributed by atoms with Crippen LogP contribution in [0.1, 0.15) is 46.0 Å². The Hall–Kier alpha value is -0.610. The van der Waals surface area contributed by atoms with E-state index in [2.05, 4.69) is 23.9 Å². The highest BCUT2D eigenvalue weighted by Gasteiger charge is 2.33. The van der Waals surface area contributed by atoms with E-state index in [0.717, 1.165) is 12.5 Å². The molecule has 1 unspecified atom stereocenters. The van der Waals surface area contributed by atoms with Crippen LogP contribution in [0.5, 0.6) is 0 Å². The summed E-state index contributed by atoms with van der Waals surface area (Å²) in [5.74, 6) is 0.557. The summed E-state index contributed by atoms with van der Waals surface area (Å²) >= 11 is 0. The SMILES string of the molecule is COC(=O)CCC(O)CNCC(C)(C)C1CCC1. The van der Waals surface area contributed by atoms with Crippen molar-refractivity contribution in [2.45, 2.75) is 52.1 Å². The summed E-state index contributed by atoms with van der Waals surface area (Å²) in [4.78, 5) is 10.9. The van der Waals surface area contributed by atoms with Crippen molar-refractivity contribution in [2.75, 3.05) is 20.2 Å². The summed E-state index contributed by atoms with van der Waals surface area (Å²) < 4.78 is 4.54. The molecule has 1 saturated carbocycles. The van der Waals surface area contributed by atoms with Gasteiger partial charge in [0.2, 0.25) is 0 Å². The van der Waals surface area contributed by atoms with Crippen LogP contribution in [-0.2, 0) is 9.53 Å². The Morgan fingerprint density at radius 3 is 2.67 bits per heavy atom. The van der Waals surface area contributed by atoms with Crippen LogP contribution in [0.2, 0.25) is 0 Å². The Labute approximate surface area is 110 Å². The van der Waals surface area contributed by atoms with Crippen LogP contribution < -0.4 is 5.32 Å². The third-order valence-electron chi connectivity index (χ3n) is 4.08. The third-order valence-corrected chi connectivity index (χ3v) is 4.08. The highest BCUT2D eigenvalue weighted by Crippen LogP contribution is 2.41. The normalized spacial score (nSPS) is 18.2. The molecule has 1 aliphatic rings. The van der Waals surface area contributed by atoms with Crippen molar-refractivity contribution in [1.29, 1.82) is 0 Å². The summed E-state index contributed by atoms with van der Waals surface area (Å²) in [5, 5.41) is 13.0. The van der Waals surface area contributed by atoms with Crippen LogP contribution in [0, 0.1) is 11.3 Å². The number of esters is 1. The van der Waals surface area contributed by atoms with E-state index in [-0.39, 0.29) is 12.4 Å². The number of rotatable bonds is 8. The van der Waals surface area contributed by atoms with E-state index in [1.54, 1.807) is 0 Å². The Kier molecular flexibility index (Phi) is 6.09. The molecule has 18 heavy (non-hydrogen) atoms. The molecule has 0 aliphatic heterocycles. The standard InChI is InChI=1S/C14H27NO3/c1-14(2,11-5-4-6-11)10-15-9-12(16)7-8-13(17)18-3/h11-12,15-16H,4-10H2,1-3H3. The predicted octanol–water partition coefficient (Wildman–Crippen LogP) is 1.72. The van der Waals surface area contributed by atoms with E-state index >= 15 is 0 Å². The molecule has 106 valence electrons. The first kappa shape index (κ1) is 15.4. The van der Waals surface area contributed by atoms with Gasteiger partial charge in [0.25, 0.3) is 0 Å². The molecule has 4 heteroatoms. The van der Waals surface area contributed by atoms with Crippen LogP contribution in [0.25, 0.3) is 0 Å². The number of aliphatic hydroxyl groups is 1. The Bertz CT molecular complexity index is 262. The molecule has 1 fully saturated rings. The van der Waals surface area contributed by atoms with Gasteiger partial charge in [-0.3, -0.25) is 4.79 Å². The van der Waals surface area contributed by atoms with Gasteiger partial charge in [-0.15, -0.1) is 0 Å². The third kappa shape index (κ3) is 4.94. The predicted molar refractivity (Wildman–Crippen MR) is 71.2 cm³/mol. The van der Waals surface area contributed by atoms with Gasteiger partial charge in [0.05, 0.1) is 13.2 Å². The van der Waals surface area contributed by atoms with E-state index in [1.807, 2.05) is 0 Å². The summed E-state index contributed by atoms with van der Waals surface area (Å²) in [6, 6.07) is 0. The van der Waals surface area contributed by atoms with Crippen LogP contribution in [-0.4, -0.2) is 37.4 Å². The van der Waals surface area contributed by atoms with Gasteiger partial charge in [-0.25, -0.2) is 0 Å². The van der Waals surface area contributed by atoms with Gasteiger partial charge in [0.1, 0.15) is 0 Å². The first-order valence-electron chi connectivity index (χ1n) is 6.91. The lowest BCUT2D eigenvalue weighted by Crippen LogP contribution is -2.41. The van der Waals surface area contributed by atoms with Crippen LogP contribution >= 0.6 is 0 Å². The van der Waals surface area contributed by atoms with Crippen molar-refractivity contribution in [3.05, 3.63) is 0 Å². The molecule has 2 N–H and O–H groups in total. The Morgan fingerprint density at radius 1 is 1.50 bits per heavy atom. The van der Waals surface area contributed by atoms with Crippen LogP contribution in [0.4, 0.5) is 0 Å². The van der Waals surface area contributed by atoms with Gasteiger partial charge in [0, 0.05) is 19.5 Å². The second-order valence-corrected chi connectivity index (χ2v) is 6.02. The van der Waals surface area contributed by atoms with Gasteiger partial charge in [-0.05, 0) is 30.6 Å². The molecule has 1 rings (SSSR count). The maximum Gasteiger partial charge on any atom is 0.305 e. The number of carbonyl (C=O) groups excluding carboxylic acids is 1. The monoisotopic (exact) mass is 257 g/mol. The zero-order chi connectivity index (χ0) is 13.6. The number of aliphatic hydroxyl groups excluding tert-OH is 1. The second-order valence-electron chi connectivity index (χ2n) is 6.02. The summed E-state index contributed by atoms with van der Waals surface area (Å²) in [7, 11) is 1.37. The summed E-state index contributed by atoms with van der Waals surface area (Å²) in [6.45, 7) is 6.04. The van der Waals surface area contributed by atoms with E-state index in [9.17, 15) is 9.90 Å². The van der Waals surface area contributed by atoms with Gasteiger partial charge in [-0.2, -0.15) is 0 Å². The molecule has 0 aromatic carbocycles. The molecule has 0 amide bonds. The molecule has 1 atom stereocenters. The van der Waals surface area contributed by atoms with Crippen molar-refractivity contribution in [3.8, 4) is 0 Å². The molecule has 0 aromatic heterocycles. The first-order valence-corrected chi connectivity index (χ1v) is 6.91. The lowest BCUT2D eigenvalue weighted by atomic mass is 9.67. The lowest BCUT2D eigenvalue weighted by molar-refractivity contribution is -0.141. The first-order chi connectivity index (χ1) is 8.45. The van der Waals surface area contributed by atoms with E-state index in [4.69, 9.17) is 0 Å². The number of methoxy groups -OCH3 is 1. The molecular weight excluding hydrogens is 230 g/mol. The molecule has 4 nitrogen and oxygen atoms in total. The highest BCUT2D eigenvalue weighted by molar-refractivity contribution is 5.69. The fourth-order valence-electron chi connectivity index (χ4n) is 2.38. The number of nitrogens with one attached hydrogen (secondary N) is 1. The molecule has 0 radical (unpaired) electrons. The fraction of sp³-hybridized carbons (Fsp3) is 0.929. The lowest BCUT2D eigenvalue weighted by Gasteiger charge is -2.40. The average Bonchev–Trinajstić information content (AvgIpc) is 2.22. The van der Waals surface area contributed by atoms with E-state index in [0.29, 0.717) is 18.4 Å². The molecule has 0 aromatic rings. The van der Waals surface area contributed by atoms with Gasteiger partial charge < -0.3 is 15.2 Å². The fourth-order valence-corrected chi connectivity index (χ4v) is 2.38. The Balaban J connectivity index is 2.10. The maximum atomic E-state index is 10.9. The minimum atomic E-state index is -0.471. The smallest absolute Gasteiger partial charge is 0.305 e. The van der Waals surface area contributed by atoms with Crippen molar-refractivity contribution in [2.24, 2.45) is 11.3 Å². The van der Waals surface area contributed by atoms with Gasteiger partial charge in [0.15, 0.2) is 0 Å². The number of carbonyl (C=O) groups is 1. The number of ether oxygens (including phenoxy) is 1. The number of hydrogen-bond acceptors (Lipinski definition) is 4. The molecule has 0 bridgehead atoms. The molecule has 1 aliphatic carbocycles. The minimum Gasteiger partial charge on any atom is -0.469 e. The summed E-state index contributed by atoms with van der Waals surface area (Å²) in [5.41, 5.74) is 0.306.